The molecule has 37 heavy (non-hydrogen) atoms. The molecule has 5 aromatic rings. The summed E-state index contributed by atoms with van der Waals surface area (Å²) in [6.07, 6.45) is -0.120. The molecule has 5 rings (SSSR count). The number of hydrogen-bond acceptors (Lipinski definition) is 6. The van der Waals surface area contributed by atoms with Crippen molar-refractivity contribution in [2.45, 2.75) is 13.1 Å². The fourth-order valence-corrected chi connectivity index (χ4v) is 5.61. The highest BCUT2D eigenvalue weighted by Crippen LogP contribution is 2.37. The maximum Gasteiger partial charge on any atom is 0.247 e. The smallest absolute Gasteiger partial charge is 0.247 e. The molecule has 7 nitrogen and oxygen atoms in total. The number of nitrogens with two attached hydrogens (primary N) is 2. The number of halogens is 1. The van der Waals surface area contributed by atoms with Crippen LogP contribution in [-0.2, 0) is 17.9 Å². The predicted octanol–water partition coefficient (Wildman–Crippen LogP) is 4.95. The van der Waals surface area contributed by atoms with E-state index >= 15 is 4.39 Å². The zero-order valence-electron chi connectivity index (χ0n) is 19.6. The molecule has 2 aromatic heterocycles. The first-order valence-corrected chi connectivity index (χ1v) is 12.3. The molecule has 0 fully saturated rings. The van der Waals surface area contributed by atoms with Crippen LogP contribution in [0.1, 0.15) is 20.8 Å². The van der Waals surface area contributed by atoms with E-state index in [4.69, 9.17) is 16.7 Å². The van der Waals surface area contributed by atoms with Crippen LogP contribution in [0.4, 0.5) is 10.1 Å². The normalized spacial score (nSPS) is 11.1. The van der Waals surface area contributed by atoms with E-state index in [1.807, 2.05) is 36.4 Å². The van der Waals surface area contributed by atoms with Crippen molar-refractivity contribution in [3.8, 4) is 21.7 Å². The average Bonchev–Trinajstić information content (AvgIpc) is 3.46. The molecule has 3 aromatic carbocycles. The number of benzene rings is 3. The summed E-state index contributed by atoms with van der Waals surface area (Å²) in [4.78, 5) is 26.6. The van der Waals surface area contributed by atoms with Crippen molar-refractivity contribution in [1.82, 2.24) is 10.0 Å². The quantitative estimate of drug-likeness (QED) is 0.106. The van der Waals surface area contributed by atoms with E-state index in [0.717, 1.165) is 5.56 Å². The number of hydrogen-bond donors (Lipinski definition) is 4. The molecule has 2 heterocycles. The van der Waals surface area contributed by atoms with Crippen LogP contribution in [-0.4, -0.2) is 21.5 Å². The van der Waals surface area contributed by atoms with Gasteiger partial charge in [0.15, 0.2) is 5.82 Å². The third kappa shape index (κ3) is 4.51. The lowest BCUT2D eigenvalue weighted by Gasteiger charge is -2.08. The number of aromatic nitrogens is 1. The van der Waals surface area contributed by atoms with Gasteiger partial charge in [0, 0.05) is 27.1 Å². The molecule has 186 valence electrons. The molecule has 0 bridgehead atoms. The fraction of sp³-hybridized carbons (Fsp3) is 0.0714. The number of anilines is 1. The summed E-state index contributed by atoms with van der Waals surface area (Å²) in [5.74, 6) is -1.28. The second-order valence-electron chi connectivity index (χ2n) is 8.50. The highest BCUT2D eigenvalue weighted by atomic mass is 32.1. The van der Waals surface area contributed by atoms with E-state index in [0.29, 0.717) is 48.7 Å². The van der Waals surface area contributed by atoms with Crippen LogP contribution in [0.15, 0.2) is 78.9 Å². The van der Waals surface area contributed by atoms with Crippen LogP contribution in [0.5, 0.6) is 0 Å². The minimum absolute atomic E-state index is 0.0291. The summed E-state index contributed by atoms with van der Waals surface area (Å²) in [6.45, 7) is 0.0291. The van der Waals surface area contributed by atoms with Gasteiger partial charge in [-0.25, -0.2) is 9.87 Å². The van der Waals surface area contributed by atoms with E-state index in [2.05, 4.69) is 0 Å². The van der Waals surface area contributed by atoms with Gasteiger partial charge in [0.2, 0.25) is 11.7 Å². The Morgan fingerprint density at radius 3 is 2.43 bits per heavy atom. The number of rotatable bonds is 7. The first kappa shape index (κ1) is 24.4. The van der Waals surface area contributed by atoms with Crippen LogP contribution in [0, 0.1) is 5.82 Å². The second-order valence-corrected chi connectivity index (χ2v) is 9.55. The second kappa shape index (κ2) is 9.98. The van der Waals surface area contributed by atoms with Crippen LogP contribution in [0.25, 0.3) is 32.6 Å². The first-order chi connectivity index (χ1) is 17.9. The number of nitrogens with one attached hydrogen (secondary N) is 1. The Kier molecular flexibility index (Phi) is 6.58. The number of nitrogen functional groups attached to an aromatic ring is 1. The van der Waals surface area contributed by atoms with Gasteiger partial charge in [0.25, 0.3) is 0 Å². The molecular formula is C28H23FN4O3S. The lowest BCUT2D eigenvalue weighted by atomic mass is 10.0. The van der Waals surface area contributed by atoms with Gasteiger partial charge >= 0.3 is 0 Å². The van der Waals surface area contributed by atoms with E-state index < -0.39 is 11.7 Å². The van der Waals surface area contributed by atoms with Crippen molar-refractivity contribution in [2.24, 2.45) is 5.73 Å². The maximum absolute atomic E-state index is 15.4. The summed E-state index contributed by atoms with van der Waals surface area (Å²) in [5.41, 5.74) is 17.4. The summed E-state index contributed by atoms with van der Waals surface area (Å²) in [6, 6.07) is 22.7. The predicted molar refractivity (Wildman–Crippen MR) is 143 cm³/mol. The van der Waals surface area contributed by atoms with Crippen LogP contribution in [0.2, 0.25) is 0 Å². The summed E-state index contributed by atoms with van der Waals surface area (Å²) in [7, 11) is 0. The standard InChI is InChI=1S/C28H23FN4O3S/c29-25-21-10-9-17(12-22(21)33(15-30)26(25)16-5-2-1-3-6-16)27(35)23-13-19(14-24(34)32-36)28(37-23)18-7-4-8-20(31)11-18/h1-13,36H,14-15,30-31H2,(H,32,34). The van der Waals surface area contributed by atoms with Crippen molar-refractivity contribution in [3.63, 3.8) is 0 Å². The third-order valence-electron chi connectivity index (χ3n) is 6.15. The van der Waals surface area contributed by atoms with E-state index in [9.17, 15) is 9.59 Å². The SMILES string of the molecule is NCn1c(-c2ccccc2)c(F)c2ccc(C(=O)c3cc(CC(=O)NO)c(-c4cccc(N)c4)s3)cc21. The Morgan fingerprint density at radius 2 is 1.73 bits per heavy atom. The first-order valence-electron chi connectivity index (χ1n) is 11.4. The fourth-order valence-electron chi connectivity index (χ4n) is 4.47. The Bertz CT molecular complexity index is 1640. The van der Waals surface area contributed by atoms with Crippen molar-refractivity contribution in [3.05, 3.63) is 101 Å². The Hall–Kier alpha value is -4.31. The minimum Gasteiger partial charge on any atom is -0.399 e. The topological polar surface area (TPSA) is 123 Å². The average molecular weight is 515 g/mol. The molecule has 0 radical (unpaired) electrons. The van der Waals surface area contributed by atoms with Gasteiger partial charge in [-0.15, -0.1) is 11.3 Å². The minimum atomic E-state index is -0.604. The summed E-state index contributed by atoms with van der Waals surface area (Å²) >= 11 is 1.22. The van der Waals surface area contributed by atoms with Gasteiger partial charge in [0.1, 0.15) is 0 Å². The molecule has 9 heteroatoms. The van der Waals surface area contributed by atoms with Gasteiger partial charge in [-0.2, -0.15) is 0 Å². The molecule has 0 saturated carbocycles. The van der Waals surface area contributed by atoms with Crippen molar-refractivity contribution < 1.29 is 19.2 Å². The number of carbonyl (C=O) groups is 2. The maximum atomic E-state index is 15.4. The molecule has 0 saturated heterocycles. The van der Waals surface area contributed by atoms with Gasteiger partial charge in [0.05, 0.1) is 29.2 Å². The number of ketones is 1. The molecule has 0 unspecified atom stereocenters. The number of carbonyl (C=O) groups excluding carboxylic acids is 2. The van der Waals surface area contributed by atoms with Crippen molar-refractivity contribution in [1.29, 1.82) is 0 Å². The van der Waals surface area contributed by atoms with Crippen LogP contribution in [0.3, 0.4) is 0 Å². The zero-order valence-corrected chi connectivity index (χ0v) is 20.4. The Labute approximate surface area is 215 Å². The van der Waals surface area contributed by atoms with Crippen LogP contribution < -0.4 is 16.9 Å². The van der Waals surface area contributed by atoms with E-state index in [1.165, 1.54) is 11.3 Å². The number of thiophene rings is 1. The Morgan fingerprint density at radius 1 is 0.973 bits per heavy atom. The lowest BCUT2D eigenvalue weighted by molar-refractivity contribution is -0.128. The molecule has 0 aliphatic carbocycles. The molecule has 0 atom stereocenters. The van der Waals surface area contributed by atoms with Crippen molar-refractivity contribution >= 4 is 39.6 Å². The number of fused-ring (bicyclic) bond motifs is 1. The number of nitrogens with zero attached hydrogens (tertiary/aromatic N) is 1. The largest absolute Gasteiger partial charge is 0.399 e. The summed E-state index contributed by atoms with van der Waals surface area (Å²) < 4.78 is 17.1. The Balaban J connectivity index is 1.60. The molecule has 0 aliphatic heterocycles. The monoisotopic (exact) mass is 514 g/mol. The van der Waals surface area contributed by atoms with Gasteiger partial charge < -0.3 is 16.0 Å². The zero-order chi connectivity index (χ0) is 26.1. The van der Waals surface area contributed by atoms with E-state index in [-0.39, 0.29) is 18.9 Å². The van der Waals surface area contributed by atoms with Crippen LogP contribution >= 0.6 is 11.3 Å². The lowest BCUT2D eigenvalue weighted by Crippen LogP contribution is -2.20. The highest BCUT2D eigenvalue weighted by molar-refractivity contribution is 7.17. The van der Waals surface area contributed by atoms with E-state index in [1.54, 1.807) is 52.5 Å². The van der Waals surface area contributed by atoms with Gasteiger partial charge in [-0.05, 0) is 41.5 Å². The highest BCUT2D eigenvalue weighted by Gasteiger charge is 2.22. The molecular weight excluding hydrogens is 491 g/mol. The number of amides is 1. The molecule has 6 N–H and O–H groups in total. The van der Waals surface area contributed by atoms with Gasteiger partial charge in [-0.1, -0.05) is 48.5 Å². The summed E-state index contributed by atoms with van der Waals surface area (Å²) in [5, 5.41) is 9.39. The molecule has 1 amide bonds. The van der Waals surface area contributed by atoms with Gasteiger partial charge in [-0.3, -0.25) is 14.8 Å². The molecule has 0 aliphatic rings. The van der Waals surface area contributed by atoms with Crippen molar-refractivity contribution in [2.75, 3.05) is 5.73 Å². The molecule has 0 spiro atoms. The number of hydroxylamine groups is 1. The third-order valence-corrected chi connectivity index (χ3v) is 7.38.